The van der Waals surface area contributed by atoms with Gasteiger partial charge in [-0.1, -0.05) is 60.7 Å². The Morgan fingerprint density at radius 2 is 1.42 bits per heavy atom. The number of aromatic nitrogens is 2. The summed E-state index contributed by atoms with van der Waals surface area (Å²) in [5.74, 6) is 0.960. The van der Waals surface area contributed by atoms with E-state index < -0.39 is 0 Å². The van der Waals surface area contributed by atoms with E-state index in [1.807, 2.05) is 36.4 Å². The second kappa shape index (κ2) is 7.44. The number of nitrogens with zero attached hydrogens (tertiary/aromatic N) is 1. The lowest BCUT2D eigenvalue weighted by Gasteiger charge is -2.08. The van der Waals surface area contributed by atoms with Gasteiger partial charge in [0.2, 0.25) is 0 Å². The minimum atomic E-state index is -0.148. The predicted octanol–water partition coefficient (Wildman–Crippen LogP) is 4.83. The Balaban J connectivity index is 1.59. The van der Waals surface area contributed by atoms with Crippen LogP contribution in [0, 0.1) is 0 Å². The van der Waals surface area contributed by atoms with Gasteiger partial charge in [0.25, 0.3) is 0 Å². The number of benzene rings is 2. The van der Waals surface area contributed by atoms with E-state index in [1.165, 1.54) is 0 Å². The minimum Gasteiger partial charge on any atom is -0.347 e. The van der Waals surface area contributed by atoms with E-state index in [9.17, 15) is 0 Å². The van der Waals surface area contributed by atoms with Crippen molar-refractivity contribution in [1.82, 2.24) is 9.97 Å². The highest BCUT2D eigenvalue weighted by molar-refractivity contribution is 5.78. The molecule has 1 N–H and O–H groups in total. The second-order valence-corrected chi connectivity index (χ2v) is 6.79. The van der Waals surface area contributed by atoms with Crippen molar-refractivity contribution in [3.05, 3.63) is 66.5 Å². The summed E-state index contributed by atoms with van der Waals surface area (Å²) in [6.07, 6.45) is 1.74. The molecule has 0 radical (unpaired) electrons. The normalized spacial score (nSPS) is 22.6. The molecule has 2 heterocycles. The minimum absolute atomic E-state index is 0.148. The number of aryl methyl sites for hydroxylation is 1. The summed E-state index contributed by atoms with van der Waals surface area (Å²) in [6.45, 7) is 4.11. The Hall–Kier alpha value is -2.43. The van der Waals surface area contributed by atoms with Gasteiger partial charge in [-0.3, -0.25) is 0 Å². The van der Waals surface area contributed by atoms with Crippen molar-refractivity contribution in [2.75, 3.05) is 0 Å². The van der Waals surface area contributed by atoms with Crippen molar-refractivity contribution in [3.8, 4) is 22.5 Å². The molecule has 4 heteroatoms. The van der Waals surface area contributed by atoms with Gasteiger partial charge in [-0.25, -0.2) is 4.98 Å². The molecular formula is C22H24N2O2. The molecule has 4 rings (SSSR count). The molecule has 2 aromatic carbocycles. The number of ether oxygens (including phenoxy) is 2. The first-order valence-electron chi connectivity index (χ1n) is 9.21. The monoisotopic (exact) mass is 348 g/mol. The average Bonchev–Trinajstić information content (AvgIpc) is 3.25. The zero-order chi connectivity index (χ0) is 17.9. The van der Waals surface area contributed by atoms with Crippen LogP contribution in [-0.4, -0.2) is 28.5 Å². The molecule has 3 aromatic rings. The molecule has 0 saturated carbocycles. The van der Waals surface area contributed by atoms with Crippen LogP contribution in [0.1, 0.15) is 26.1 Å². The Morgan fingerprint density at radius 3 is 2.04 bits per heavy atom. The van der Waals surface area contributed by atoms with Crippen LogP contribution in [0.2, 0.25) is 0 Å². The maximum absolute atomic E-state index is 5.84. The summed E-state index contributed by atoms with van der Waals surface area (Å²) >= 11 is 0. The molecule has 1 aliphatic rings. The maximum Gasteiger partial charge on any atom is 0.158 e. The van der Waals surface area contributed by atoms with Gasteiger partial charge in [0.15, 0.2) is 6.29 Å². The van der Waals surface area contributed by atoms with Crippen LogP contribution in [0.5, 0.6) is 0 Å². The first kappa shape index (κ1) is 17.0. The maximum atomic E-state index is 5.84. The van der Waals surface area contributed by atoms with Crippen LogP contribution in [0.4, 0.5) is 0 Å². The van der Waals surface area contributed by atoms with Crippen LogP contribution in [0.25, 0.3) is 22.5 Å². The van der Waals surface area contributed by atoms with Gasteiger partial charge in [0.05, 0.1) is 23.6 Å². The van der Waals surface area contributed by atoms with Crippen LogP contribution >= 0.6 is 0 Å². The lowest BCUT2D eigenvalue weighted by Crippen LogP contribution is -2.13. The lowest BCUT2D eigenvalue weighted by molar-refractivity contribution is -0.0667. The Bertz CT molecular complexity index is 778. The molecule has 0 amide bonds. The summed E-state index contributed by atoms with van der Waals surface area (Å²) in [7, 11) is 0. The number of H-pyrrole nitrogens is 1. The Labute approximate surface area is 154 Å². The summed E-state index contributed by atoms with van der Waals surface area (Å²) in [5, 5.41) is 0. The van der Waals surface area contributed by atoms with Crippen molar-refractivity contribution in [3.63, 3.8) is 0 Å². The molecule has 1 aliphatic heterocycles. The van der Waals surface area contributed by atoms with E-state index in [4.69, 9.17) is 14.5 Å². The van der Waals surface area contributed by atoms with Gasteiger partial charge < -0.3 is 14.5 Å². The van der Waals surface area contributed by atoms with E-state index in [0.717, 1.165) is 41.2 Å². The van der Waals surface area contributed by atoms with E-state index in [1.54, 1.807) is 0 Å². The average molecular weight is 348 g/mol. The quantitative estimate of drug-likeness (QED) is 0.718. The summed E-state index contributed by atoms with van der Waals surface area (Å²) in [4.78, 5) is 8.41. The van der Waals surface area contributed by atoms with Gasteiger partial charge in [0.1, 0.15) is 5.82 Å². The summed E-state index contributed by atoms with van der Waals surface area (Å²) in [6, 6.07) is 20.6. The van der Waals surface area contributed by atoms with Crippen LogP contribution < -0.4 is 0 Å². The zero-order valence-electron chi connectivity index (χ0n) is 15.2. The van der Waals surface area contributed by atoms with Gasteiger partial charge in [-0.05, 0) is 13.8 Å². The summed E-state index contributed by atoms with van der Waals surface area (Å²) in [5.41, 5.74) is 4.30. The fourth-order valence-electron chi connectivity index (χ4n) is 3.28. The third-order valence-corrected chi connectivity index (χ3v) is 4.87. The van der Waals surface area contributed by atoms with E-state index in [-0.39, 0.29) is 18.5 Å². The number of rotatable bonds is 5. The van der Waals surface area contributed by atoms with Gasteiger partial charge in [0, 0.05) is 24.0 Å². The van der Waals surface area contributed by atoms with E-state index in [0.29, 0.717) is 0 Å². The van der Waals surface area contributed by atoms with E-state index >= 15 is 0 Å². The largest absolute Gasteiger partial charge is 0.347 e. The molecule has 2 atom stereocenters. The molecule has 1 fully saturated rings. The molecule has 2 unspecified atom stereocenters. The standard InChI is InChI=1S/C22H24N2O2/c1-15-16(2)26-20(25-15)14-13-19-23-21(17-9-5-3-6-10-17)22(24-19)18-11-7-4-8-12-18/h3-12,15-16,20H,13-14H2,1-2H3,(H,23,24). The van der Waals surface area contributed by atoms with Crippen LogP contribution in [0.15, 0.2) is 60.7 Å². The van der Waals surface area contributed by atoms with E-state index in [2.05, 4.69) is 43.1 Å². The van der Waals surface area contributed by atoms with Crippen molar-refractivity contribution >= 4 is 0 Å². The highest BCUT2D eigenvalue weighted by Crippen LogP contribution is 2.30. The van der Waals surface area contributed by atoms with Crippen molar-refractivity contribution in [1.29, 1.82) is 0 Å². The van der Waals surface area contributed by atoms with Gasteiger partial charge in [-0.15, -0.1) is 0 Å². The first-order valence-corrected chi connectivity index (χ1v) is 9.21. The van der Waals surface area contributed by atoms with Crippen molar-refractivity contribution in [2.24, 2.45) is 0 Å². The second-order valence-electron chi connectivity index (χ2n) is 6.79. The fraction of sp³-hybridized carbons (Fsp3) is 0.318. The van der Waals surface area contributed by atoms with Gasteiger partial charge in [-0.2, -0.15) is 0 Å². The fourth-order valence-corrected chi connectivity index (χ4v) is 3.28. The topological polar surface area (TPSA) is 47.1 Å². The molecule has 134 valence electrons. The van der Waals surface area contributed by atoms with Crippen molar-refractivity contribution in [2.45, 2.75) is 45.2 Å². The summed E-state index contributed by atoms with van der Waals surface area (Å²) < 4.78 is 11.7. The van der Waals surface area contributed by atoms with Crippen LogP contribution in [-0.2, 0) is 15.9 Å². The lowest BCUT2D eigenvalue weighted by atomic mass is 10.1. The molecular weight excluding hydrogens is 324 g/mol. The number of hydrogen-bond acceptors (Lipinski definition) is 3. The molecule has 4 nitrogen and oxygen atoms in total. The third kappa shape index (κ3) is 3.57. The zero-order valence-corrected chi connectivity index (χ0v) is 15.2. The van der Waals surface area contributed by atoms with Crippen LogP contribution in [0.3, 0.4) is 0 Å². The number of aromatic amines is 1. The first-order chi connectivity index (χ1) is 12.7. The molecule has 1 saturated heterocycles. The SMILES string of the molecule is CC1OC(CCc2nc(-c3ccccc3)c(-c3ccccc3)[nH]2)OC1C. The molecule has 0 aliphatic carbocycles. The molecule has 0 bridgehead atoms. The molecule has 1 aromatic heterocycles. The Kier molecular flexibility index (Phi) is 4.87. The number of nitrogens with one attached hydrogen (secondary N) is 1. The molecule has 0 spiro atoms. The predicted molar refractivity (Wildman–Crippen MR) is 103 cm³/mol. The highest BCUT2D eigenvalue weighted by Gasteiger charge is 2.29. The van der Waals surface area contributed by atoms with Gasteiger partial charge >= 0.3 is 0 Å². The highest BCUT2D eigenvalue weighted by atomic mass is 16.7. The molecule has 26 heavy (non-hydrogen) atoms. The van der Waals surface area contributed by atoms with Crippen molar-refractivity contribution < 1.29 is 9.47 Å². The number of hydrogen-bond donors (Lipinski definition) is 1. The smallest absolute Gasteiger partial charge is 0.158 e. The Morgan fingerprint density at radius 1 is 0.846 bits per heavy atom. The third-order valence-electron chi connectivity index (χ3n) is 4.87. The number of imidazole rings is 1.